The number of aromatic hydroxyl groups is 1. The summed E-state index contributed by atoms with van der Waals surface area (Å²) in [4.78, 5) is 0. The van der Waals surface area contributed by atoms with Crippen molar-refractivity contribution in [1.82, 2.24) is 5.32 Å². The van der Waals surface area contributed by atoms with Gasteiger partial charge in [-0.05, 0) is 23.6 Å². The van der Waals surface area contributed by atoms with E-state index in [1.807, 2.05) is 12.1 Å². The zero-order chi connectivity index (χ0) is 11.3. The van der Waals surface area contributed by atoms with Crippen molar-refractivity contribution in [2.45, 2.75) is 25.8 Å². The molecule has 2 nitrogen and oxygen atoms in total. The van der Waals surface area contributed by atoms with Gasteiger partial charge in [0.25, 0.3) is 0 Å². The van der Waals surface area contributed by atoms with E-state index in [-0.39, 0.29) is 5.38 Å². The maximum atomic E-state index is 9.10. The lowest BCUT2D eigenvalue weighted by Gasteiger charge is -2.14. The summed E-state index contributed by atoms with van der Waals surface area (Å²) < 4.78 is 0. The van der Waals surface area contributed by atoms with E-state index in [2.05, 4.69) is 19.2 Å². The average Bonchev–Trinajstić information content (AvgIpc) is 2.20. The molecule has 1 atom stereocenters. The van der Waals surface area contributed by atoms with Gasteiger partial charge in [-0.15, -0.1) is 11.6 Å². The maximum Gasteiger partial charge on any atom is 0.115 e. The number of phenols is 1. The molecule has 3 heteroatoms. The van der Waals surface area contributed by atoms with Crippen LogP contribution in [0.5, 0.6) is 5.75 Å². The summed E-state index contributed by atoms with van der Waals surface area (Å²) in [5.74, 6) is 0.787. The molecule has 0 spiro atoms. The standard InChI is InChI=1S/C12H18ClNO/c1-9(2)12(13)8-14-7-10-3-5-11(15)6-4-10/h3-6,9,12,14-15H,7-8H2,1-2H3. The van der Waals surface area contributed by atoms with Crippen molar-refractivity contribution in [2.75, 3.05) is 6.54 Å². The Morgan fingerprint density at radius 1 is 1.27 bits per heavy atom. The molecule has 0 aliphatic rings. The lowest BCUT2D eigenvalue weighted by Crippen LogP contribution is -2.26. The normalized spacial score (nSPS) is 13.1. The minimum atomic E-state index is 0.169. The van der Waals surface area contributed by atoms with Crippen LogP contribution in [0.4, 0.5) is 0 Å². The third kappa shape index (κ3) is 4.54. The predicted octanol–water partition coefficient (Wildman–Crippen LogP) is 2.75. The molecule has 0 fully saturated rings. The van der Waals surface area contributed by atoms with Gasteiger partial charge in [-0.2, -0.15) is 0 Å². The molecular formula is C12H18ClNO. The number of phenolic OH excluding ortho intramolecular Hbond substituents is 1. The lowest BCUT2D eigenvalue weighted by atomic mass is 10.1. The largest absolute Gasteiger partial charge is 0.508 e. The van der Waals surface area contributed by atoms with Crippen LogP contribution in [0.25, 0.3) is 0 Å². The Labute approximate surface area is 96.3 Å². The second kappa shape index (κ2) is 5.99. The van der Waals surface area contributed by atoms with E-state index in [9.17, 15) is 0 Å². The number of nitrogens with one attached hydrogen (secondary N) is 1. The highest BCUT2D eigenvalue weighted by atomic mass is 35.5. The molecule has 0 radical (unpaired) electrons. The van der Waals surface area contributed by atoms with E-state index in [1.54, 1.807) is 12.1 Å². The fraction of sp³-hybridized carbons (Fsp3) is 0.500. The molecule has 0 saturated carbocycles. The highest BCUT2D eigenvalue weighted by molar-refractivity contribution is 6.20. The van der Waals surface area contributed by atoms with Crippen LogP contribution in [0.3, 0.4) is 0 Å². The van der Waals surface area contributed by atoms with Crippen LogP contribution in [0.1, 0.15) is 19.4 Å². The number of halogens is 1. The van der Waals surface area contributed by atoms with Crippen molar-refractivity contribution in [3.63, 3.8) is 0 Å². The summed E-state index contributed by atoms with van der Waals surface area (Å²) >= 11 is 6.10. The zero-order valence-corrected chi connectivity index (χ0v) is 9.96. The molecule has 0 saturated heterocycles. The van der Waals surface area contributed by atoms with Crippen LogP contribution in [0.15, 0.2) is 24.3 Å². The summed E-state index contributed by atoms with van der Waals surface area (Å²) in [6, 6.07) is 7.19. The van der Waals surface area contributed by atoms with Gasteiger partial charge in [0.2, 0.25) is 0 Å². The first-order valence-corrected chi connectivity index (χ1v) is 5.66. The Kier molecular flexibility index (Phi) is 4.92. The quantitative estimate of drug-likeness (QED) is 0.759. The Bertz CT molecular complexity index is 284. The first-order chi connectivity index (χ1) is 7.09. The van der Waals surface area contributed by atoms with Crippen LogP contribution in [0, 0.1) is 5.92 Å². The first-order valence-electron chi connectivity index (χ1n) is 5.22. The van der Waals surface area contributed by atoms with Gasteiger partial charge in [0.15, 0.2) is 0 Å². The van der Waals surface area contributed by atoms with E-state index in [0.29, 0.717) is 11.7 Å². The molecule has 2 N–H and O–H groups in total. The number of alkyl halides is 1. The highest BCUT2D eigenvalue weighted by Crippen LogP contribution is 2.10. The van der Waals surface area contributed by atoms with Crippen LogP contribution < -0.4 is 5.32 Å². The molecule has 1 aromatic rings. The van der Waals surface area contributed by atoms with Gasteiger partial charge >= 0.3 is 0 Å². The van der Waals surface area contributed by atoms with E-state index >= 15 is 0 Å². The Morgan fingerprint density at radius 3 is 2.40 bits per heavy atom. The van der Waals surface area contributed by atoms with Crippen LogP contribution in [-0.2, 0) is 6.54 Å². The van der Waals surface area contributed by atoms with Crippen LogP contribution in [-0.4, -0.2) is 17.0 Å². The molecule has 0 amide bonds. The summed E-state index contributed by atoms with van der Waals surface area (Å²) in [6.07, 6.45) is 0. The summed E-state index contributed by atoms with van der Waals surface area (Å²) in [5, 5.41) is 12.6. The first kappa shape index (κ1) is 12.3. The Balaban J connectivity index is 2.29. The third-order valence-corrected chi connectivity index (χ3v) is 2.99. The predicted molar refractivity (Wildman–Crippen MR) is 64.3 cm³/mol. The summed E-state index contributed by atoms with van der Waals surface area (Å²) in [7, 11) is 0. The average molecular weight is 228 g/mol. The topological polar surface area (TPSA) is 32.3 Å². The van der Waals surface area contributed by atoms with Crippen LogP contribution >= 0.6 is 11.6 Å². The lowest BCUT2D eigenvalue weighted by molar-refractivity contribution is 0.475. The number of hydrogen-bond donors (Lipinski definition) is 2. The molecule has 1 aromatic carbocycles. The van der Waals surface area contributed by atoms with Crippen molar-refractivity contribution < 1.29 is 5.11 Å². The van der Waals surface area contributed by atoms with Gasteiger partial charge in [-0.25, -0.2) is 0 Å². The van der Waals surface area contributed by atoms with Crippen molar-refractivity contribution >= 4 is 11.6 Å². The Morgan fingerprint density at radius 2 is 1.87 bits per heavy atom. The number of benzene rings is 1. The second-order valence-corrected chi connectivity index (χ2v) is 4.62. The van der Waals surface area contributed by atoms with Crippen molar-refractivity contribution in [1.29, 1.82) is 0 Å². The van der Waals surface area contributed by atoms with Crippen molar-refractivity contribution in [3.8, 4) is 5.75 Å². The number of hydrogen-bond acceptors (Lipinski definition) is 2. The van der Waals surface area contributed by atoms with E-state index < -0.39 is 0 Å². The van der Waals surface area contributed by atoms with Gasteiger partial charge in [0, 0.05) is 18.5 Å². The van der Waals surface area contributed by atoms with Gasteiger partial charge in [0.05, 0.1) is 0 Å². The zero-order valence-electron chi connectivity index (χ0n) is 9.20. The smallest absolute Gasteiger partial charge is 0.115 e. The summed E-state index contributed by atoms with van der Waals surface area (Å²) in [6.45, 7) is 5.82. The minimum absolute atomic E-state index is 0.169. The molecular weight excluding hydrogens is 210 g/mol. The monoisotopic (exact) mass is 227 g/mol. The molecule has 0 aromatic heterocycles. The van der Waals surface area contributed by atoms with Crippen molar-refractivity contribution in [2.24, 2.45) is 5.92 Å². The molecule has 0 heterocycles. The molecule has 1 rings (SSSR count). The van der Waals surface area contributed by atoms with Gasteiger partial charge in [0.1, 0.15) is 5.75 Å². The Hall–Kier alpha value is -0.730. The molecule has 0 bridgehead atoms. The van der Waals surface area contributed by atoms with Gasteiger partial charge in [-0.1, -0.05) is 26.0 Å². The van der Waals surface area contributed by atoms with Gasteiger partial charge in [-0.3, -0.25) is 0 Å². The van der Waals surface area contributed by atoms with E-state index in [1.165, 1.54) is 0 Å². The van der Waals surface area contributed by atoms with Crippen LogP contribution in [0.2, 0.25) is 0 Å². The fourth-order valence-corrected chi connectivity index (χ4v) is 1.31. The minimum Gasteiger partial charge on any atom is -0.508 e. The summed E-state index contributed by atoms with van der Waals surface area (Å²) in [5.41, 5.74) is 1.15. The second-order valence-electron chi connectivity index (χ2n) is 4.06. The highest BCUT2D eigenvalue weighted by Gasteiger charge is 2.08. The molecule has 1 unspecified atom stereocenters. The van der Waals surface area contributed by atoms with E-state index in [4.69, 9.17) is 16.7 Å². The van der Waals surface area contributed by atoms with Gasteiger partial charge < -0.3 is 10.4 Å². The number of rotatable bonds is 5. The maximum absolute atomic E-state index is 9.10. The molecule has 84 valence electrons. The van der Waals surface area contributed by atoms with Crippen molar-refractivity contribution in [3.05, 3.63) is 29.8 Å². The molecule has 0 aliphatic carbocycles. The van der Waals surface area contributed by atoms with E-state index in [0.717, 1.165) is 18.7 Å². The fourth-order valence-electron chi connectivity index (χ4n) is 1.20. The molecule has 15 heavy (non-hydrogen) atoms. The SMILES string of the molecule is CC(C)C(Cl)CNCc1ccc(O)cc1. The molecule has 0 aliphatic heterocycles. The third-order valence-electron chi connectivity index (χ3n) is 2.33.